The van der Waals surface area contributed by atoms with Gasteiger partial charge in [0.05, 0.1) is 25.9 Å². The van der Waals surface area contributed by atoms with Crippen molar-refractivity contribution in [3.05, 3.63) is 120 Å². The van der Waals surface area contributed by atoms with Crippen molar-refractivity contribution >= 4 is 21.0 Å². The van der Waals surface area contributed by atoms with Crippen LogP contribution in [-0.2, 0) is 71.6 Å². The number of rotatable bonds is 20. The molecule has 1 aliphatic rings. The maximum Gasteiger partial charge on any atom is 0.510 e. The van der Waals surface area contributed by atoms with E-state index >= 15 is 0 Å². The van der Waals surface area contributed by atoms with Crippen LogP contribution in [0.15, 0.2) is 103 Å². The molecule has 1 fully saturated rings. The van der Waals surface area contributed by atoms with Gasteiger partial charge in [-0.25, -0.2) is 4.79 Å². The summed E-state index contributed by atoms with van der Waals surface area (Å²) in [6.45, 7) is 3.59. The SMILES string of the molecule is COC1OC(/C=C/P(OCOC=O)OCOC(=O)OC(C)C)C(OCc2ccccc2)C(OCc2ccccc2)C1OCc1ccccc1. The van der Waals surface area contributed by atoms with Crippen LogP contribution in [0.5, 0.6) is 0 Å². The highest BCUT2D eigenvalue weighted by Crippen LogP contribution is 2.41. The lowest BCUT2D eigenvalue weighted by molar-refractivity contribution is -0.309. The van der Waals surface area contributed by atoms with Gasteiger partial charge >= 0.3 is 6.16 Å². The molecule has 1 heterocycles. The minimum absolute atomic E-state index is 0.249. The summed E-state index contributed by atoms with van der Waals surface area (Å²) >= 11 is 0. The second-order valence-corrected chi connectivity index (χ2v) is 12.3. The molecule has 0 bridgehead atoms. The Morgan fingerprint density at radius 3 is 1.78 bits per heavy atom. The fourth-order valence-electron chi connectivity index (χ4n) is 4.78. The average molecular weight is 699 g/mol. The monoisotopic (exact) mass is 698 g/mol. The largest absolute Gasteiger partial charge is 0.510 e. The predicted molar refractivity (Wildman–Crippen MR) is 179 cm³/mol. The lowest BCUT2D eigenvalue weighted by Crippen LogP contribution is -2.60. The lowest BCUT2D eigenvalue weighted by Gasteiger charge is -2.45. The average Bonchev–Trinajstić information content (AvgIpc) is 3.12. The van der Waals surface area contributed by atoms with E-state index < -0.39 is 58.8 Å². The summed E-state index contributed by atoms with van der Waals surface area (Å²) in [5.41, 5.74) is 2.89. The summed E-state index contributed by atoms with van der Waals surface area (Å²) in [6, 6.07) is 29.3. The zero-order valence-electron chi connectivity index (χ0n) is 27.7. The Balaban J connectivity index is 1.60. The number of hydrogen-bond acceptors (Lipinski definition) is 12. The summed E-state index contributed by atoms with van der Waals surface area (Å²) in [6.07, 6.45) is -3.21. The number of hydrogen-bond donors (Lipinski definition) is 0. The van der Waals surface area contributed by atoms with Crippen LogP contribution in [0.3, 0.4) is 0 Å². The molecule has 12 nitrogen and oxygen atoms in total. The molecule has 6 atom stereocenters. The molecule has 0 saturated carbocycles. The van der Waals surface area contributed by atoms with Crippen molar-refractivity contribution in [1.29, 1.82) is 0 Å². The summed E-state index contributed by atoms with van der Waals surface area (Å²) in [7, 11) is -0.356. The molecule has 0 aromatic heterocycles. The Bertz CT molecular complexity index is 1380. The number of methoxy groups -OCH3 is 1. The van der Waals surface area contributed by atoms with Crippen LogP contribution in [0.25, 0.3) is 0 Å². The van der Waals surface area contributed by atoms with Crippen molar-refractivity contribution in [3.63, 3.8) is 0 Å². The smallest absolute Gasteiger partial charge is 0.440 e. The molecule has 1 saturated heterocycles. The van der Waals surface area contributed by atoms with Crippen molar-refractivity contribution in [2.75, 3.05) is 20.7 Å². The third-order valence-electron chi connectivity index (χ3n) is 7.02. The molecule has 3 aromatic rings. The molecule has 49 heavy (non-hydrogen) atoms. The second kappa shape index (κ2) is 21.4. The fourth-order valence-corrected chi connectivity index (χ4v) is 5.66. The van der Waals surface area contributed by atoms with Gasteiger partial charge in [0.1, 0.15) is 24.4 Å². The van der Waals surface area contributed by atoms with E-state index in [1.807, 2.05) is 91.0 Å². The van der Waals surface area contributed by atoms with Crippen molar-refractivity contribution in [3.8, 4) is 0 Å². The molecule has 13 heteroatoms. The molecule has 0 N–H and O–H groups in total. The first-order valence-corrected chi connectivity index (χ1v) is 17.0. The molecule has 3 aromatic carbocycles. The van der Waals surface area contributed by atoms with E-state index in [2.05, 4.69) is 0 Å². The zero-order valence-corrected chi connectivity index (χ0v) is 28.6. The van der Waals surface area contributed by atoms with E-state index in [9.17, 15) is 9.59 Å². The molecule has 0 amide bonds. The minimum Gasteiger partial charge on any atom is -0.440 e. The Labute approximate surface area is 288 Å². The highest BCUT2D eigenvalue weighted by molar-refractivity contribution is 7.50. The maximum atomic E-state index is 11.9. The first-order valence-electron chi connectivity index (χ1n) is 15.7. The van der Waals surface area contributed by atoms with E-state index in [0.717, 1.165) is 16.7 Å². The Kier molecular flexibility index (Phi) is 16.6. The van der Waals surface area contributed by atoms with E-state index in [4.69, 9.17) is 46.9 Å². The zero-order chi connectivity index (χ0) is 34.7. The third-order valence-corrected chi connectivity index (χ3v) is 8.16. The van der Waals surface area contributed by atoms with Crippen LogP contribution in [0.4, 0.5) is 4.79 Å². The summed E-state index contributed by atoms with van der Waals surface area (Å²) in [5, 5.41) is 0. The summed E-state index contributed by atoms with van der Waals surface area (Å²) in [4.78, 5) is 22.6. The number of benzene rings is 3. The molecule has 0 aliphatic carbocycles. The fraction of sp³-hybridized carbons (Fsp3) is 0.389. The maximum absolute atomic E-state index is 11.9. The van der Waals surface area contributed by atoms with Crippen LogP contribution in [-0.4, -0.2) is 70.1 Å². The van der Waals surface area contributed by atoms with Crippen molar-refractivity contribution in [2.24, 2.45) is 0 Å². The lowest BCUT2D eigenvalue weighted by atomic mass is 9.97. The Morgan fingerprint density at radius 1 is 0.755 bits per heavy atom. The van der Waals surface area contributed by atoms with Gasteiger partial charge in [-0.1, -0.05) is 91.0 Å². The van der Waals surface area contributed by atoms with Crippen molar-refractivity contribution < 1.29 is 56.5 Å². The number of carbonyl (C=O) groups excluding carboxylic acids is 2. The van der Waals surface area contributed by atoms with E-state index in [0.29, 0.717) is 0 Å². The van der Waals surface area contributed by atoms with Crippen LogP contribution < -0.4 is 0 Å². The Hall–Kier alpha value is -3.71. The van der Waals surface area contributed by atoms with Gasteiger partial charge < -0.3 is 37.9 Å². The highest BCUT2D eigenvalue weighted by Gasteiger charge is 2.48. The van der Waals surface area contributed by atoms with Crippen LogP contribution >= 0.6 is 8.38 Å². The first-order chi connectivity index (χ1) is 24.0. The molecule has 0 radical (unpaired) electrons. The van der Waals surface area contributed by atoms with Crippen LogP contribution in [0.2, 0.25) is 0 Å². The normalized spacial score (nSPS) is 21.3. The van der Waals surface area contributed by atoms with Crippen molar-refractivity contribution in [2.45, 2.75) is 70.5 Å². The summed E-state index contributed by atoms with van der Waals surface area (Å²) in [5.74, 6) is 1.59. The van der Waals surface area contributed by atoms with Gasteiger partial charge in [-0.15, -0.1) is 0 Å². The summed E-state index contributed by atoms with van der Waals surface area (Å²) < 4.78 is 57.8. The molecular formula is C36H43O12P. The Morgan fingerprint density at radius 2 is 1.27 bits per heavy atom. The quantitative estimate of drug-likeness (QED) is 0.0414. The van der Waals surface area contributed by atoms with Gasteiger partial charge in [-0.05, 0) is 42.4 Å². The van der Waals surface area contributed by atoms with Gasteiger partial charge in [0.2, 0.25) is 15.2 Å². The van der Waals surface area contributed by atoms with Gasteiger partial charge in [-0.2, -0.15) is 0 Å². The first kappa shape index (κ1) is 38.1. The number of ether oxygens (including phenoxy) is 8. The van der Waals surface area contributed by atoms with Gasteiger partial charge in [0.15, 0.2) is 13.1 Å². The molecule has 264 valence electrons. The molecule has 1 aliphatic heterocycles. The van der Waals surface area contributed by atoms with Crippen molar-refractivity contribution in [1.82, 2.24) is 0 Å². The van der Waals surface area contributed by atoms with Gasteiger partial charge in [0, 0.05) is 7.11 Å². The molecule has 0 spiro atoms. The minimum atomic E-state index is -1.89. The van der Waals surface area contributed by atoms with Crippen LogP contribution in [0, 0.1) is 0 Å². The van der Waals surface area contributed by atoms with E-state index in [1.165, 1.54) is 7.11 Å². The molecule has 6 unspecified atom stereocenters. The predicted octanol–water partition coefficient (Wildman–Crippen LogP) is 6.62. The van der Waals surface area contributed by atoms with E-state index in [1.54, 1.807) is 25.7 Å². The third kappa shape index (κ3) is 13.3. The van der Waals surface area contributed by atoms with Gasteiger partial charge in [-0.3, -0.25) is 13.8 Å². The highest BCUT2D eigenvalue weighted by atomic mass is 31.2. The van der Waals surface area contributed by atoms with Crippen LogP contribution in [0.1, 0.15) is 30.5 Å². The van der Waals surface area contributed by atoms with E-state index in [-0.39, 0.29) is 32.4 Å². The molecular weight excluding hydrogens is 655 g/mol. The van der Waals surface area contributed by atoms with Gasteiger partial charge in [0.25, 0.3) is 6.47 Å². The molecule has 4 rings (SSSR count). The number of carbonyl (C=O) groups is 2. The second-order valence-electron chi connectivity index (χ2n) is 10.9. The standard InChI is InChI=1S/C36H43O12P/c1-27(2)47-36(38)44-26-46-49(45-25-40-24-37)20-19-31-32(41-21-28-13-7-4-8-14-28)33(42-22-29-15-9-5-10-16-29)34(35(39-3)48-31)43-23-30-17-11-6-12-18-30/h4-20,24,27,31-35H,21-23,25-26H2,1-3H3/b20-19+. The topological polar surface area (TPSA) is 126 Å².